The quantitative estimate of drug-likeness (QED) is 0.651. The number of hydrogen-bond acceptors (Lipinski definition) is 2. The third kappa shape index (κ3) is 2.17. The first-order valence-corrected chi connectivity index (χ1v) is 6.48. The van der Waals surface area contributed by atoms with Crippen LogP contribution in [-0.2, 0) is 13.1 Å². The molecule has 0 bridgehead atoms. The Kier molecular flexibility index (Phi) is 2.91. The third-order valence-corrected chi connectivity index (χ3v) is 3.76. The van der Waals surface area contributed by atoms with Gasteiger partial charge in [-0.25, -0.2) is 0 Å². The number of anilines is 1. The molecular formula is C15H14ClN3. The number of nitrogen functional groups attached to an aromatic ring is 1. The third-order valence-electron chi connectivity index (χ3n) is 3.45. The Morgan fingerprint density at radius 2 is 1.74 bits per heavy atom. The second-order valence-electron chi connectivity index (χ2n) is 4.70. The molecule has 0 amide bonds. The summed E-state index contributed by atoms with van der Waals surface area (Å²) < 4.78 is 0. The van der Waals surface area contributed by atoms with Crippen LogP contribution in [0.5, 0.6) is 0 Å². The lowest BCUT2D eigenvalue weighted by Crippen LogP contribution is -2.16. The lowest BCUT2D eigenvalue weighted by molar-refractivity contribution is 0.880. The molecule has 0 aliphatic carbocycles. The van der Waals surface area contributed by atoms with Crippen molar-refractivity contribution in [2.24, 2.45) is 5.73 Å². The van der Waals surface area contributed by atoms with Crippen LogP contribution in [0.15, 0.2) is 42.5 Å². The number of benzene rings is 2. The van der Waals surface area contributed by atoms with Gasteiger partial charge in [0.05, 0.1) is 5.02 Å². The van der Waals surface area contributed by atoms with Gasteiger partial charge in [-0.2, -0.15) is 0 Å². The van der Waals surface area contributed by atoms with Crippen LogP contribution in [0.1, 0.15) is 16.7 Å². The number of halogens is 1. The first-order valence-electron chi connectivity index (χ1n) is 6.11. The molecule has 3 N–H and O–H groups in total. The number of amidine groups is 1. The van der Waals surface area contributed by atoms with Gasteiger partial charge in [0.25, 0.3) is 0 Å². The van der Waals surface area contributed by atoms with Gasteiger partial charge in [-0.15, -0.1) is 0 Å². The molecule has 1 heterocycles. The monoisotopic (exact) mass is 271 g/mol. The summed E-state index contributed by atoms with van der Waals surface area (Å²) in [5, 5.41) is 7.97. The van der Waals surface area contributed by atoms with Crippen LogP contribution in [0.3, 0.4) is 0 Å². The average molecular weight is 272 g/mol. The highest BCUT2D eigenvalue weighted by molar-refractivity contribution is 6.34. The Balaban J connectivity index is 1.90. The predicted molar refractivity (Wildman–Crippen MR) is 78.8 cm³/mol. The van der Waals surface area contributed by atoms with Gasteiger partial charge in [0.1, 0.15) is 5.84 Å². The molecule has 0 radical (unpaired) electrons. The zero-order valence-corrected chi connectivity index (χ0v) is 11.1. The molecule has 0 fully saturated rings. The van der Waals surface area contributed by atoms with Crippen molar-refractivity contribution in [2.45, 2.75) is 13.1 Å². The summed E-state index contributed by atoms with van der Waals surface area (Å²) >= 11 is 6.17. The molecule has 4 heteroatoms. The second-order valence-corrected chi connectivity index (χ2v) is 5.11. The average Bonchev–Trinajstić information content (AvgIpc) is 2.81. The normalized spacial score (nSPS) is 13.4. The van der Waals surface area contributed by atoms with Gasteiger partial charge in [-0.05, 0) is 29.3 Å². The number of rotatable bonds is 2. The maximum Gasteiger partial charge on any atom is 0.124 e. The van der Waals surface area contributed by atoms with Crippen LogP contribution in [0.2, 0.25) is 5.02 Å². The van der Waals surface area contributed by atoms with Crippen molar-refractivity contribution < 1.29 is 0 Å². The van der Waals surface area contributed by atoms with Crippen molar-refractivity contribution in [1.29, 1.82) is 5.41 Å². The van der Waals surface area contributed by atoms with Gasteiger partial charge in [0.15, 0.2) is 0 Å². The molecule has 2 aromatic rings. The number of fused-ring (bicyclic) bond motifs is 1. The Morgan fingerprint density at radius 1 is 1.11 bits per heavy atom. The van der Waals surface area contributed by atoms with E-state index >= 15 is 0 Å². The lowest BCUT2D eigenvalue weighted by atomic mass is 10.1. The van der Waals surface area contributed by atoms with Crippen molar-refractivity contribution >= 4 is 23.1 Å². The molecule has 0 spiro atoms. The van der Waals surface area contributed by atoms with Crippen LogP contribution in [0, 0.1) is 5.41 Å². The van der Waals surface area contributed by atoms with E-state index < -0.39 is 0 Å². The van der Waals surface area contributed by atoms with E-state index in [0.29, 0.717) is 10.6 Å². The maximum absolute atomic E-state index is 7.44. The molecule has 0 atom stereocenters. The standard InChI is InChI=1S/C15H14ClN3/c16-14-7-12(5-6-13(14)15(17)18)19-8-10-3-1-2-4-11(10)9-19/h1-7H,8-9H2,(H3,17,18). The molecule has 0 saturated carbocycles. The number of hydrogen-bond donors (Lipinski definition) is 2. The van der Waals surface area contributed by atoms with Gasteiger partial charge in [0, 0.05) is 24.3 Å². The Morgan fingerprint density at radius 3 is 2.26 bits per heavy atom. The minimum atomic E-state index is 0.00116. The number of nitrogens with one attached hydrogen (secondary N) is 1. The second kappa shape index (κ2) is 4.59. The van der Waals surface area contributed by atoms with Crippen LogP contribution in [0.25, 0.3) is 0 Å². The molecule has 1 aliphatic heterocycles. The first-order chi connectivity index (χ1) is 9.15. The van der Waals surface area contributed by atoms with E-state index in [2.05, 4.69) is 29.2 Å². The first kappa shape index (κ1) is 12.1. The fourth-order valence-electron chi connectivity index (χ4n) is 2.43. The van der Waals surface area contributed by atoms with E-state index in [4.69, 9.17) is 22.7 Å². The summed E-state index contributed by atoms with van der Waals surface area (Å²) in [6.45, 7) is 1.79. The molecular weight excluding hydrogens is 258 g/mol. The van der Waals surface area contributed by atoms with Crippen molar-refractivity contribution in [3.8, 4) is 0 Å². The zero-order chi connectivity index (χ0) is 13.4. The number of nitrogens with two attached hydrogens (primary N) is 1. The summed E-state index contributed by atoms with van der Waals surface area (Å²) in [5.74, 6) is 0.00116. The van der Waals surface area contributed by atoms with Crippen LogP contribution in [0.4, 0.5) is 5.69 Å². The summed E-state index contributed by atoms with van der Waals surface area (Å²) in [7, 11) is 0. The molecule has 1 aliphatic rings. The van der Waals surface area contributed by atoms with Crippen molar-refractivity contribution in [2.75, 3.05) is 4.90 Å². The van der Waals surface area contributed by atoms with E-state index in [0.717, 1.165) is 18.8 Å². The Bertz CT molecular complexity index is 627. The number of nitrogens with zero attached hydrogens (tertiary/aromatic N) is 1. The Hall–Kier alpha value is -2.00. The Labute approximate surface area is 117 Å². The largest absolute Gasteiger partial charge is 0.384 e. The van der Waals surface area contributed by atoms with Crippen molar-refractivity contribution in [3.05, 3.63) is 64.2 Å². The molecule has 3 rings (SSSR count). The summed E-state index contributed by atoms with van der Waals surface area (Å²) in [6.07, 6.45) is 0. The van der Waals surface area contributed by atoms with E-state index in [1.54, 1.807) is 0 Å². The van der Waals surface area contributed by atoms with Crippen LogP contribution >= 0.6 is 11.6 Å². The van der Waals surface area contributed by atoms with Crippen molar-refractivity contribution in [1.82, 2.24) is 0 Å². The van der Waals surface area contributed by atoms with E-state index in [9.17, 15) is 0 Å². The maximum atomic E-state index is 7.44. The SMILES string of the molecule is N=C(N)c1ccc(N2Cc3ccccc3C2)cc1Cl. The highest BCUT2D eigenvalue weighted by Crippen LogP contribution is 2.30. The van der Waals surface area contributed by atoms with Gasteiger partial charge in [0.2, 0.25) is 0 Å². The van der Waals surface area contributed by atoms with Gasteiger partial charge >= 0.3 is 0 Å². The minimum absolute atomic E-state index is 0.00116. The smallest absolute Gasteiger partial charge is 0.124 e. The molecule has 3 nitrogen and oxygen atoms in total. The molecule has 0 saturated heterocycles. The van der Waals surface area contributed by atoms with E-state index in [1.165, 1.54) is 11.1 Å². The fourth-order valence-corrected chi connectivity index (χ4v) is 2.71. The van der Waals surface area contributed by atoms with Gasteiger partial charge < -0.3 is 10.6 Å². The highest BCUT2D eigenvalue weighted by atomic mass is 35.5. The predicted octanol–water partition coefficient (Wildman–Crippen LogP) is 3.14. The molecule has 96 valence electrons. The summed E-state index contributed by atoms with van der Waals surface area (Å²) in [4.78, 5) is 2.26. The van der Waals surface area contributed by atoms with E-state index in [1.807, 2.05) is 18.2 Å². The topological polar surface area (TPSA) is 53.1 Å². The molecule has 19 heavy (non-hydrogen) atoms. The van der Waals surface area contributed by atoms with Gasteiger partial charge in [-0.3, -0.25) is 5.41 Å². The minimum Gasteiger partial charge on any atom is -0.384 e. The lowest BCUT2D eigenvalue weighted by Gasteiger charge is -2.18. The van der Waals surface area contributed by atoms with Gasteiger partial charge in [-0.1, -0.05) is 35.9 Å². The highest BCUT2D eigenvalue weighted by Gasteiger charge is 2.19. The molecule has 2 aromatic carbocycles. The summed E-state index contributed by atoms with van der Waals surface area (Å²) in [5.41, 5.74) is 9.83. The summed E-state index contributed by atoms with van der Waals surface area (Å²) in [6, 6.07) is 14.1. The molecule has 0 unspecified atom stereocenters. The van der Waals surface area contributed by atoms with Crippen LogP contribution in [-0.4, -0.2) is 5.84 Å². The van der Waals surface area contributed by atoms with Crippen molar-refractivity contribution in [3.63, 3.8) is 0 Å². The van der Waals surface area contributed by atoms with Crippen LogP contribution < -0.4 is 10.6 Å². The zero-order valence-electron chi connectivity index (χ0n) is 10.4. The fraction of sp³-hybridized carbons (Fsp3) is 0.133. The van der Waals surface area contributed by atoms with E-state index in [-0.39, 0.29) is 5.84 Å². The molecule has 0 aromatic heterocycles.